The molecule has 1 atom stereocenters. The largest absolute Gasteiger partial charge is 0.447 e. The number of benzene rings is 2. The molecule has 0 radical (unpaired) electrons. The van der Waals surface area contributed by atoms with Crippen LogP contribution in [0.25, 0.3) is 11.3 Å². The molecule has 0 aliphatic carbocycles. The van der Waals surface area contributed by atoms with Gasteiger partial charge in [-0.2, -0.15) is 4.98 Å². The van der Waals surface area contributed by atoms with E-state index in [4.69, 9.17) is 16.3 Å². The fraction of sp³-hybridized carbons (Fsp3) is 0.182. The second-order valence-corrected chi connectivity index (χ2v) is 7.87. The topological polar surface area (TPSA) is 68.2 Å². The van der Waals surface area contributed by atoms with E-state index in [-0.39, 0.29) is 5.91 Å². The molecule has 1 unspecified atom stereocenters. The first-order valence-corrected chi connectivity index (χ1v) is 10.8. The fourth-order valence-electron chi connectivity index (χ4n) is 3.23. The van der Waals surface area contributed by atoms with Crippen molar-refractivity contribution in [2.45, 2.75) is 24.7 Å². The fourth-order valence-corrected chi connectivity index (χ4v) is 3.97. The van der Waals surface area contributed by atoms with Gasteiger partial charge in [-0.3, -0.25) is 9.69 Å². The maximum Gasteiger partial charge on any atom is 0.247 e. The Balaban J connectivity index is 1.94. The number of aromatic nitrogens is 3. The average Bonchev–Trinajstić information content (AvgIpc) is 2.91. The quantitative estimate of drug-likeness (QED) is 0.397. The van der Waals surface area contributed by atoms with Gasteiger partial charge >= 0.3 is 0 Å². The highest BCUT2D eigenvalue weighted by Crippen LogP contribution is 2.44. The number of carbonyl (C=O) groups is 1. The summed E-state index contributed by atoms with van der Waals surface area (Å²) in [4.78, 5) is 19.3. The summed E-state index contributed by atoms with van der Waals surface area (Å²) in [6.45, 7) is 5.54. The van der Waals surface area contributed by atoms with E-state index >= 15 is 0 Å². The first-order chi connectivity index (χ1) is 14.6. The van der Waals surface area contributed by atoms with Gasteiger partial charge in [0.1, 0.15) is 0 Å². The van der Waals surface area contributed by atoms with E-state index in [0.29, 0.717) is 45.2 Å². The summed E-state index contributed by atoms with van der Waals surface area (Å²) in [5.74, 6) is 0.848. The van der Waals surface area contributed by atoms with Crippen molar-refractivity contribution in [3.63, 3.8) is 0 Å². The number of carbonyl (C=O) groups excluding carboxylic acids is 1. The zero-order chi connectivity index (χ0) is 21.1. The Kier molecular flexibility index (Phi) is 6.01. The van der Waals surface area contributed by atoms with Gasteiger partial charge in [-0.05, 0) is 12.1 Å². The summed E-state index contributed by atoms with van der Waals surface area (Å²) in [6, 6.07) is 14.8. The molecule has 2 heterocycles. The smallest absolute Gasteiger partial charge is 0.247 e. The minimum atomic E-state index is -0.789. The lowest BCUT2D eigenvalue weighted by atomic mass is 10.1. The number of anilines is 1. The van der Waals surface area contributed by atoms with E-state index in [0.717, 1.165) is 5.56 Å². The molecule has 30 heavy (non-hydrogen) atoms. The van der Waals surface area contributed by atoms with Crippen LogP contribution >= 0.6 is 23.4 Å². The van der Waals surface area contributed by atoms with Crippen LogP contribution in [0.15, 0.2) is 66.3 Å². The van der Waals surface area contributed by atoms with Crippen molar-refractivity contribution in [3.05, 3.63) is 71.8 Å². The van der Waals surface area contributed by atoms with Crippen molar-refractivity contribution < 1.29 is 9.53 Å². The Morgan fingerprint density at radius 2 is 2.00 bits per heavy atom. The molecule has 4 rings (SSSR count). The van der Waals surface area contributed by atoms with Crippen LogP contribution in [0.4, 0.5) is 5.69 Å². The zero-order valence-corrected chi connectivity index (χ0v) is 17.9. The molecule has 1 aromatic heterocycles. The highest BCUT2D eigenvalue weighted by Gasteiger charge is 2.36. The van der Waals surface area contributed by atoms with E-state index < -0.39 is 6.23 Å². The molecular weight excluding hydrogens is 420 g/mol. The molecule has 2 aromatic carbocycles. The van der Waals surface area contributed by atoms with Crippen LogP contribution in [0.3, 0.4) is 0 Å². The predicted octanol–water partition coefficient (Wildman–Crippen LogP) is 5.30. The Morgan fingerprint density at radius 3 is 2.77 bits per heavy atom. The predicted molar refractivity (Wildman–Crippen MR) is 119 cm³/mol. The molecule has 0 saturated heterocycles. The van der Waals surface area contributed by atoms with Crippen LogP contribution in [0.1, 0.15) is 25.1 Å². The van der Waals surface area contributed by atoms with Gasteiger partial charge in [-0.1, -0.05) is 72.8 Å². The second kappa shape index (κ2) is 8.85. The summed E-state index contributed by atoms with van der Waals surface area (Å²) in [5, 5.41) is 9.57. The monoisotopic (exact) mass is 438 g/mol. The maximum absolute atomic E-state index is 13.1. The van der Waals surface area contributed by atoms with E-state index in [1.165, 1.54) is 11.8 Å². The summed E-state index contributed by atoms with van der Waals surface area (Å²) < 4.78 is 6.33. The van der Waals surface area contributed by atoms with Crippen molar-refractivity contribution in [1.29, 1.82) is 0 Å². The molecular formula is C22H19ClN4O2S. The summed E-state index contributed by atoms with van der Waals surface area (Å²) in [6.07, 6.45) is 1.28. The van der Waals surface area contributed by atoms with Gasteiger partial charge in [-0.15, -0.1) is 16.8 Å². The minimum absolute atomic E-state index is 0.102. The second-order valence-electron chi connectivity index (χ2n) is 6.47. The number of thioether (sulfide) groups is 1. The van der Waals surface area contributed by atoms with Gasteiger partial charge in [0.15, 0.2) is 5.69 Å². The minimum Gasteiger partial charge on any atom is -0.447 e. The van der Waals surface area contributed by atoms with E-state index in [1.54, 1.807) is 17.0 Å². The van der Waals surface area contributed by atoms with Gasteiger partial charge in [0.05, 0.1) is 5.69 Å². The zero-order valence-electron chi connectivity index (χ0n) is 16.3. The highest BCUT2D eigenvalue weighted by atomic mass is 35.5. The SMILES string of the molecule is C=CCSc1nnc2c(n1)OC(c1ccccc1Cl)N(C(=O)CC)c1ccccc1-2. The number of nitrogens with zero attached hydrogens (tertiary/aromatic N) is 4. The lowest BCUT2D eigenvalue weighted by molar-refractivity contribution is -0.120. The molecule has 0 N–H and O–H groups in total. The molecule has 1 aliphatic heterocycles. The molecule has 6 nitrogen and oxygen atoms in total. The number of halogens is 1. The first kappa shape index (κ1) is 20.4. The Bertz CT molecular complexity index is 1110. The molecule has 0 saturated carbocycles. The van der Waals surface area contributed by atoms with Crippen molar-refractivity contribution in [2.75, 3.05) is 10.7 Å². The molecule has 8 heteroatoms. The number of ether oxygens (including phenoxy) is 1. The molecule has 1 aliphatic rings. The van der Waals surface area contributed by atoms with E-state index in [2.05, 4.69) is 21.8 Å². The summed E-state index contributed by atoms with van der Waals surface area (Å²) in [5.41, 5.74) is 2.55. The maximum atomic E-state index is 13.1. The Labute approximate surface area is 183 Å². The van der Waals surface area contributed by atoms with E-state index in [1.807, 2.05) is 49.4 Å². The number of hydrogen-bond donors (Lipinski definition) is 0. The summed E-state index contributed by atoms with van der Waals surface area (Å²) >= 11 is 7.90. The standard InChI is InChI=1S/C22H19ClN4O2S/c1-3-13-30-22-24-20-19(25-26-22)15-10-6-8-12-17(15)27(18(28)4-2)21(29-20)14-9-5-7-11-16(14)23/h3,5-12,21H,1,4,13H2,2H3. The normalized spacial score (nSPS) is 14.9. The molecule has 0 spiro atoms. The van der Waals surface area contributed by atoms with Crippen LogP contribution in [0, 0.1) is 0 Å². The van der Waals surface area contributed by atoms with Crippen LogP contribution in [-0.4, -0.2) is 26.8 Å². The number of rotatable bonds is 5. The molecule has 0 fully saturated rings. The van der Waals surface area contributed by atoms with Crippen LogP contribution in [0.2, 0.25) is 5.02 Å². The van der Waals surface area contributed by atoms with E-state index in [9.17, 15) is 4.79 Å². The van der Waals surface area contributed by atoms with Gasteiger partial charge < -0.3 is 4.74 Å². The van der Waals surface area contributed by atoms with Crippen molar-refractivity contribution in [1.82, 2.24) is 15.2 Å². The Morgan fingerprint density at radius 1 is 1.23 bits per heavy atom. The molecule has 0 bridgehead atoms. The number of fused-ring (bicyclic) bond motifs is 3. The van der Waals surface area contributed by atoms with Gasteiger partial charge in [0.2, 0.25) is 23.2 Å². The van der Waals surface area contributed by atoms with Crippen LogP contribution in [0.5, 0.6) is 5.88 Å². The van der Waals surface area contributed by atoms with Gasteiger partial charge in [0, 0.05) is 28.3 Å². The van der Waals surface area contributed by atoms with Crippen molar-refractivity contribution in [3.8, 4) is 17.1 Å². The molecule has 3 aromatic rings. The Hall–Kier alpha value is -2.90. The lowest BCUT2D eigenvalue weighted by Gasteiger charge is -2.31. The average molecular weight is 439 g/mol. The third kappa shape index (κ3) is 3.78. The summed E-state index contributed by atoms with van der Waals surface area (Å²) in [7, 11) is 0. The molecule has 1 amide bonds. The van der Waals surface area contributed by atoms with Crippen molar-refractivity contribution >= 4 is 35.0 Å². The van der Waals surface area contributed by atoms with Crippen LogP contribution < -0.4 is 9.64 Å². The number of hydrogen-bond acceptors (Lipinski definition) is 6. The van der Waals surface area contributed by atoms with Gasteiger partial charge in [-0.25, -0.2) is 0 Å². The third-order valence-electron chi connectivity index (χ3n) is 4.58. The van der Waals surface area contributed by atoms with Crippen LogP contribution in [-0.2, 0) is 4.79 Å². The lowest BCUT2D eigenvalue weighted by Crippen LogP contribution is -2.37. The highest BCUT2D eigenvalue weighted by molar-refractivity contribution is 7.99. The third-order valence-corrected chi connectivity index (χ3v) is 5.76. The number of amides is 1. The van der Waals surface area contributed by atoms with Gasteiger partial charge in [0.25, 0.3) is 0 Å². The molecule has 152 valence electrons. The number of para-hydroxylation sites is 1. The van der Waals surface area contributed by atoms with Crippen molar-refractivity contribution in [2.24, 2.45) is 0 Å². The first-order valence-electron chi connectivity index (χ1n) is 9.45.